The topological polar surface area (TPSA) is 32.7 Å². The van der Waals surface area contributed by atoms with Crippen LogP contribution in [0.2, 0.25) is 0 Å². The third-order valence-electron chi connectivity index (χ3n) is 2.20. The first kappa shape index (κ1) is 12.9. The van der Waals surface area contributed by atoms with Crippen molar-refractivity contribution in [3.8, 4) is 0 Å². The highest BCUT2D eigenvalue weighted by atomic mass is 16.1. The molecule has 3 nitrogen and oxygen atoms in total. The maximum atomic E-state index is 11.1. The van der Waals surface area contributed by atoms with Gasteiger partial charge in [0.1, 0.15) is 0 Å². The first-order valence-corrected chi connectivity index (χ1v) is 5.28. The summed E-state index contributed by atoms with van der Waals surface area (Å²) in [4.78, 5) is 16.8. The van der Waals surface area contributed by atoms with Crippen LogP contribution < -0.4 is 0 Å². The summed E-state index contributed by atoms with van der Waals surface area (Å²) in [6.07, 6.45) is 12.6. The van der Waals surface area contributed by atoms with Crippen molar-refractivity contribution in [2.24, 2.45) is 4.99 Å². The van der Waals surface area contributed by atoms with Gasteiger partial charge in [0.25, 0.3) is 0 Å². The van der Waals surface area contributed by atoms with Crippen molar-refractivity contribution < 1.29 is 4.79 Å². The fraction of sp³-hybridized carbons (Fsp3) is 0.143. The molecule has 0 N–H and O–H groups in total. The highest BCUT2D eigenvalue weighted by Crippen LogP contribution is 2.15. The van der Waals surface area contributed by atoms with Gasteiger partial charge in [-0.3, -0.25) is 9.79 Å². The lowest BCUT2D eigenvalue weighted by Gasteiger charge is -2.23. The second-order valence-electron chi connectivity index (χ2n) is 3.60. The summed E-state index contributed by atoms with van der Waals surface area (Å²) >= 11 is 0. The van der Waals surface area contributed by atoms with Crippen LogP contribution in [0.3, 0.4) is 0 Å². The van der Waals surface area contributed by atoms with E-state index in [0.717, 1.165) is 11.3 Å². The number of nitrogens with zero attached hydrogens (tertiary/aromatic N) is 2. The smallest absolute Gasteiger partial charge is 0.154 e. The van der Waals surface area contributed by atoms with Gasteiger partial charge < -0.3 is 4.90 Å². The molecule has 0 unspecified atom stereocenters. The van der Waals surface area contributed by atoms with Crippen molar-refractivity contribution in [2.75, 3.05) is 6.54 Å². The Balaban J connectivity index is 2.88. The Hall–Kier alpha value is -2.16. The molecule has 0 aromatic heterocycles. The molecule has 1 aliphatic heterocycles. The molecule has 1 rings (SSSR count). The van der Waals surface area contributed by atoms with Crippen molar-refractivity contribution in [3.63, 3.8) is 0 Å². The molecule has 0 aromatic rings. The standard InChI is InChI=1S/C14H16N2O/c1-4-13(10-15-3)11-16-8-6-5-7-14(16)9-12(2)17/h4-10H,1,3,11H2,2H3. The zero-order valence-corrected chi connectivity index (χ0v) is 9.97. The van der Waals surface area contributed by atoms with Gasteiger partial charge in [-0.2, -0.15) is 0 Å². The average molecular weight is 228 g/mol. The van der Waals surface area contributed by atoms with Crippen LogP contribution in [-0.4, -0.2) is 23.9 Å². The third kappa shape index (κ3) is 4.07. The fourth-order valence-corrected chi connectivity index (χ4v) is 1.44. The van der Waals surface area contributed by atoms with E-state index in [4.69, 9.17) is 0 Å². The minimum atomic E-state index is 0.0240. The predicted octanol–water partition coefficient (Wildman–Crippen LogP) is 2.62. The van der Waals surface area contributed by atoms with E-state index in [1.165, 1.54) is 6.92 Å². The number of carbonyl (C=O) groups is 1. The molecule has 0 fully saturated rings. The molecule has 1 heterocycles. The van der Waals surface area contributed by atoms with E-state index >= 15 is 0 Å². The predicted molar refractivity (Wildman–Crippen MR) is 71.6 cm³/mol. The van der Waals surface area contributed by atoms with Crippen LogP contribution >= 0.6 is 0 Å². The molecule has 1 aliphatic rings. The van der Waals surface area contributed by atoms with Crippen LogP contribution in [0.5, 0.6) is 0 Å². The Morgan fingerprint density at radius 1 is 1.53 bits per heavy atom. The van der Waals surface area contributed by atoms with Crippen LogP contribution in [-0.2, 0) is 4.79 Å². The van der Waals surface area contributed by atoms with E-state index in [1.807, 2.05) is 29.3 Å². The van der Waals surface area contributed by atoms with Crippen molar-refractivity contribution in [2.45, 2.75) is 6.92 Å². The number of hydrogen-bond acceptors (Lipinski definition) is 3. The van der Waals surface area contributed by atoms with E-state index < -0.39 is 0 Å². The molecule has 0 aliphatic carbocycles. The molecule has 0 spiro atoms. The van der Waals surface area contributed by atoms with Gasteiger partial charge in [-0.05, 0) is 31.4 Å². The summed E-state index contributed by atoms with van der Waals surface area (Å²) in [7, 11) is 0. The van der Waals surface area contributed by atoms with Crippen LogP contribution in [0.1, 0.15) is 6.92 Å². The minimum absolute atomic E-state index is 0.0240. The second kappa shape index (κ2) is 6.43. The number of ketones is 1. The van der Waals surface area contributed by atoms with Crippen LogP contribution in [0.25, 0.3) is 0 Å². The molecule has 17 heavy (non-hydrogen) atoms. The Labute approximate surface area is 102 Å². The van der Waals surface area contributed by atoms with Gasteiger partial charge in [0, 0.05) is 30.7 Å². The maximum Gasteiger partial charge on any atom is 0.154 e. The number of allylic oxidation sites excluding steroid dienone is 4. The van der Waals surface area contributed by atoms with Gasteiger partial charge in [0.05, 0.1) is 0 Å². The Bertz CT molecular complexity index is 439. The van der Waals surface area contributed by atoms with Gasteiger partial charge in [0.15, 0.2) is 5.78 Å². The number of hydrogen-bond donors (Lipinski definition) is 0. The molecule has 0 radical (unpaired) electrons. The second-order valence-corrected chi connectivity index (χ2v) is 3.60. The molecule has 0 aromatic carbocycles. The zero-order chi connectivity index (χ0) is 12.7. The first-order valence-electron chi connectivity index (χ1n) is 5.28. The monoisotopic (exact) mass is 228 g/mol. The van der Waals surface area contributed by atoms with E-state index in [0.29, 0.717) is 6.54 Å². The molecule has 0 saturated carbocycles. The molecule has 0 saturated heterocycles. The summed E-state index contributed by atoms with van der Waals surface area (Å²) < 4.78 is 0. The minimum Gasteiger partial charge on any atom is -0.343 e. The van der Waals surface area contributed by atoms with Crippen molar-refractivity contribution in [3.05, 3.63) is 60.6 Å². The average Bonchev–Trinajstić information content (AvgIpc) is 2.30. The molecular weight excluding hydrogens is 212 g/mol. The fourth-order valence-electron chi connectivity index (χ4n) is 1.44. The Morgan fingerprint density at radius 2 is 2.29 bits per heavy atom. The third-order valence-corrected chi connectivity index (χ3v) is 2.20. The van der Waals surface area contributed by atoms with Gasteiger partial charge in [-0.1, -0.05) is 18.7 Å². The quantitative estimate of drug-likeness (QED) is 0.411. The van der Waals surface area contributed by atoms with Crippen molar-refractivity contribution >= 4 is 12.5 Å². The van der Waals surface area contributed by atoms with E-state index in [-0.39, 0.29) is 5.78 Å². The van der Waals surface area contributed by atoms with Crippen LogP contribution in [0, 0.1) is 0 Å². The van der Waals surface area contributed by atoms with Crippen LogP contribution in [0.15, 0.2) is 65.6 Å². The summed E-state index contributed by atoms with van der Waals surface area (Å²) in [5.74, 6) is 0.0240. The van der Waals surface area contributed by atoms with Crippen LogP contribution in [0.4, 0.5) is 0 Å². The van der Waals surface area contributed by atoms with E-state index in [2.05, 4.69) is 18.3 Å². The lowest BCUT2D eigenvalue weighted by Crippen LogP contribution is -2.20. The lowest BCUT2D eigenvalue weighted by atomic mass is 10.2. The van der Waals surface area contributed by atoms with Crippen molar-refractivity contribution in [1.29, 1.82) is 0 Å². The number of aliphatic imine (C=N–C) groups is 1. The molecule has 0 bridgehead atoms. The molecular formula is C14H16N2O. The highest BCUT2D eigenvalue weighted by Gasteiger charge is 2.08. The molecule has 3 heteroatoms. The first-order chi connectivity index (χ1) is 8.17. The number of carbonyl (C=O) groups excluding carboxylic acids is 1. The largest absolute Gasteiger partial charge is 0.343 e. The normalized spacial score (nSPS) is 17.4. The molecule has 88 valence electrons. The lowest BCUT2D eigenvalue weighted by molar-refractivity contribution is -0.112. The Morgan fingerprint density at radius 3 is 2.88 bits per heavy atom. The summed E-state index contributed by atoms with van der Waals surface area (Å²) in [6, 6.07) is 0. The summed E-state index contributed by atoms with van der Waals surface area (Å²) in [6.45, 7) is 9.28. The Kier molecular flexibility index (Phi) is 4.88. The van der Waals surface area contributed by atoms with E-state index in [9.17, 15) is 4.79 Å². The van der Waals surface area contributed by atoms with E-state index in [1.54, 1.807) is 18.4 Å². The van der Waals surface area contributed by atoms with Gasteiger partial charge >= 0.3 is 0 Å². The zero-order valence-electron chi connectivity index (χ0n) is 9.97. The van der Waals surface area contributed by atoms with Crippen molar-refractivity contribution in [1.82, 2.24) is 4.90 Å². The maximum absolute atomic E-state index is 11.1. The summed E-state index contributed by atoms with van der Waals surface area (Å²) in [5.41, 5.74) is 1.80. The molecule has 0 amide bonds. The van der Waals surface area contributed by atoms with Gasteiger partial charge in [-0.15, -0.1) is 0 Å². The summed E-state index contributed by atoms with van der Waals surface area (Å²) in [5, 5.41) is 0. The molecule has 0 atom stereocenters. The van der Waals surface area contributed by atoms with Gasteiger partial charge in [0.2, 0.25) is 0 Å². The SMILES string of the molecule is C=CC(=CN=C)CN1C=CC=CC1=CC(C)=O. The highest BCUT2D eigenvalue weighted by molar-refractivity contribution is 5.88. The van der Waals surface area contributed by atoms with Gasteiger partial charge in [-0.25, -0.2) is 0 Å². The number of rotatable bonds is 5.